The molecule has 0 fully saturated rings. The van der Waals surface area contributed by atoms with Gasteiger partial charge in [-0.1, -0.05) is 50.2 Å². The molecule has 0 bridgehead atoms. The molecule has 0 spiro atoms. The highest BCUT2D eigenvalue weighted by Gasteiger charge is 2.20. The molecular weight excluding hydrogens is 428 g/mol. The number of hydrogen-bond acceptors (Lipinski definition) is 4. The Morgan fingerprint density at radius 3 is 2.32 bits per heavy atom. The van der Waals surface area contributed by atoms with E-state index in [0.29, 0.717) is 17.2 Å². The van der Waals surface area contributed by atoms with Crippen molar-refractivity contribution < 1.29 is 13.2 Å². The summed E-state index contributed by atoms with van der Waals surface area (Å²) in [4.78, 5) is 14.1. The third-order valence-electron chi connectivity index (χ3n) is 5.35. The SMILES string of the molecule is CCC(C)c1ccc(C(NC(=O)c2ccc(C)c(NS(C)(=O)=O)c2)c2cccs2)cc1. The van der Waals surface area contributed by atoms with Gasteiger partial charge in [-0.25, -0.2) is 8.42 Å². The molecule has 3 rings (SSSR count). The lowest BCUT2D eigenvalue weighted by molar-refractivity contribution is 0.0943. The van der Waals surface area contributed by atoms with Gasteiger partial charge in [-0.3, -0.25) is 9.52 Å². The molecule has 5 nitrogen and oxygen atoms in total. The summed E-state index contributed by atoms with van der Waals surface area (Å²) in [5, 5.41) is 5.11. The fourth-order valence-corrected chi connectivity index (χ4v) is 4.74. The largest absolute Gasteiger partial charge is 0.340 e. The molecule has 0 radical (unpaired) electrons. The van der Waals surface area contributed by atoms with Gasteiger partial charge in [0.15, 0.2) is 0 Å². The molecule has 1 heterocycles. The van der Waals surface area contributed by atoms with Gasteiger partial charge in [0.2, 0.25) is 10.0 Å². The first-order valence-corrected chi connectivity index (χ1v) is 13.0. The molecule has 0 saturated carbocycles. The van der Waals surface area contributed by atoms with Crippen molar-refractivity contribution in [2.75, 3.05) is 11.0 Å². The smallest absolute Gasteiger partial charge is 0.252 e. The zero-order valence-electron chi connectivity index (χ0n) is 18.2. The molecule has 2 atom stereocenters. The van der Waals surface area contributed by atoms with Crippen LogP contribution in [0.15, 0.2) is 60.0 Å². The summed E-state index contributed by atoms with van der Waals surface area (Å²) in [7, 11) is -3.44. The average molecular weight is 457 g/mol. The molecule has 2 aromatic carbocycles. The first kappa shape index (κ1) is 23.0. The van der Waals surface area contributed by atoms with Crippen molar-refractivity contribution in [2.45, 2.75) is 39.2 Å². The topological polar surface area (TPSA) is 75.3 Å². The van der Waals surface area contributed by atoms with E-state index in [-0.39, 0.29) is 11.9 Å². The minimum Gasteiger partial charge on any atom is -0.340 e. The monoisotopic (exact) mass is 456 g/mol. The summed E-state index contributed by atoms with van der Waals surface area (Å²) in [6, 6.07) is 17.1. The van der Waals surface area contributed by atoms with E-state index >= 15 is 0 Å². The number of hydrogen-bond donors (Lipinski definition) is 2. The van der Waals surface area contributed by atoms with Crippen molar-refractivity contribution in [1.29, 1.82) is 0 Å². The van der Waals surface area contributed by atoms with Crippen LogP contribution in [-0.4, -0.2) is 20.6 Å². The Bertz CT molecular complexity index is 1140. The number of sulfonamides is 1. The molecule has 7 heteroatoms. The van der Waals surface area contributed by atoms with E-state index < -0.39 is 10.0 Å². The van der Waals surface area contributed by atoms with E-state index in [1.54, 1.807) is 36.5 Å². The molecule has 0 aliphatic rings. The summed E-state index contributed by atoms with van der Waals surface area (Å²) in [6.45, 7) is 6.16. The molecule has 164 valence electrons. The van der Waals surface area contributed by atoms with Gasteiger partial charge in [0.1, 0.15) is 0 Å². The van der Waals surface area contributed by atoms with E-state index in [4.69, 9.17) is 0 Å². The molecule has 0 saturated heterocycles. The lowest BCUT2D eigenvalue weighted by atomic mass is 9.95. The van der Waals surface area contributed by atoms with Crippen LogP contribution in [0.3, 0.4) is 0 Å². The molecule has 1 aromatic heterocycles. The quantitative estimate of drug-likeness (QED) is 0.472. The normalized spacial score (nSPS) is 13.4. The molecule has 1 amide bonds. The Hall–Kier alpha value is -2.64. The number of nitrogens with one attached hydrogen (secondary N) is 2. The minimum atomic E-state index is -3.44. The summed E-state index contributed by atoms with van der Waals surface area (Å²) in [6.07, 6.45) is 2.16. The molecule has 0 aliphatic heterocycles. The molecule has 2 unspecified atom stereocenters. The Labute approximate surface area is 188 Å². The molecular formula is C24H28N2O3S2. The van der Waals surface area contributed by atoms with Crippen molar-refractivity contribution in [1.82, 2.24) is 5.32 Å². The third-order valence-corrected chi connectivity index (χ3v) is 6.88. The minimum absolute atomic E-state index is 0.263. The Morgan fingerprint density at radius 2 is 1.74 bits per heavy atom. The van der Waals surface area contributed by atoms with Gasteiger partial charge in [0.05, 0.1) is 18.0 Å². The lowest BCUT2D eigenvalue weighted by Gasteiger charge is -2.20. The first-order valence-electron chi connectivity index (χ1n) is 10.2. The van der Waals surface area contributed by atoms with Crippen molar-refractivity contribution >= 4 is 33.0 Å². The van der Waals surface area contributed by atoms with Gasteiger partial charge in [-0.2, -0.15) is 0 Å². The van der Waals surface area contributed by atoms with Crippen LogP contribution in [0.1, 0.15) is 64.2 Å². The zero-order valence-corrected chi connectivity index (χ0v) is 19.8. The van der Waals surface area contributed by atoms with E-state index in [1.165, 1.54) is 5.56 Å². The van der Waals surface area contributed by atoms with Gasteiger partial charge in [-0.05, 0) is 59.5 Å². The Kier molecular flexibility index (Phi) is 7.18. The van der Waals surface area contributed by atoms with Crippen LogP contribution < -0.4 is 10.0 Å². The maximum atomic E-state index is 13.1. The van der Waals surface area contributed by atoms with Crippen LogP contribution in [0.25, 0.3) is 0 Å². The highest BCUT2D eigenvalue weighted by atomic mass is 32.2. The highest BCUT2D eigenvalue weighted by Crippen LogP contribution is 2.29. The van der Waals surface area contributed by atoms with Crippen LogP contribution in [0.5, 0.6) is 0 Å². The van der Waals surface area contributed by atoms with Crippen molar-refractivity contribution in [3.63, 3.8) is 0 Å². The fourth-order valence-electron chi connectivity index (χ4n) is 3.31. The molecule has 3 aromatic rings. The lowest BCUT2D eigenvalue weighted by Crippen LogP contribution is -2.29. The van der Waals surface area contributed by atoms with Crippen LogP contribution in [0, 0.1) is 6.92 Å². The molecule has 2 N–H and O–H groups in total. The number of amides is 1. The third kappa shape index (κ3) is 5.95. The second-order valence-corrected chi connectivity index (χ2v) is 10.5. The summed E-state index contributed by atoms with van der Waals surface area (Å²) in [5.41, 5.74) is 3.83. The summed E-state index contributed by atoms with van der Waals surface area (Å²) in [5.74, 6) is 0.220. The van der Waals surface area contributed by atoms with E-state index in [9.17, 15) is 13.2 Å². The molecule has 31 heavy (non-hydrogen) atoms. The van der Waals surface area contributed by atoms with Crippen molar-refractivity contribution in [3.05, 3.63) is 87.1 Å². The second kappa shape index (κ2) is 9.66. The maximum Gasteiger partial charge on any atom is 0.252 e. The van der Waals surface area contributed by atoms with Crippen LogP contribution in [-0.2, 0) is 10.0 Å². The first-order chi connectivity index (χ1) is 14.7. The van der Waals surface area contributed by atoms with Crippen LogP contribution in [0.4, 0.5) is 5.69 Å². The summed E-state index contributed by atoms with van der Waals surface area (Å²) < 4.78 is 25.8. The summed E-state index contributed by atoms with van der Waals surface area (Å²) >= 11 is 1.59. The molecule has 0 aliphatic carbocycles. The fraction of sp³-hybridized carbons (Fsp3) is 0.292. The van der Waals surface area contributed by atoms with E-state index in [1.807, 2.05) is 17.5 Å². The maximum absolute atomic E-state index is 13.1. The van der Waals surface area contributed by atoms with E-state index in [2.05, 4.69) is 48.2 Å². The van der Waals surface area contributed by atoms with Gasteiger partial charge in [-0.15, -0.1) is 11.3 Å². The number of benzene rings is 2. The van der Waals surface area contributed by atoms with Crippen LogP contribution >= 0.6 is 11.3 Å². The van der Waals surface area contributed by atoms with Crippen LogP contribution in [0.2, 0.25) is 0 Å². The predicted octanol–water partition coefficient (Wildman–Crippen LogP) is 5.46. The van der Waals surface area contributed by atoms with E-state index in [0.717, 1.165) is 28.7 Å². The number of aryl methyl sites for hydroxylation is 1. The zero-order chi connectivity index (χ0) is 22.6. The van der Waals surface area contributed by atoms with Crippen molar-refractivity contribution in [3.8, 4) is 0 Å². The number of carbonyl (C=O) groups is 1. The van der Waals surface area contributed by atoms with Gasteiger partial charge in [0.25, 0.3) is 5.91 Å². The number of anilines is 1. The standard InChI is InChI=1S/C24H28N2O3S2/c1-5-16(2)18-10-12-19(13-11-18)23(22-7-6-14-30-22)25-24(27)20-9-8-17(3)21(15-20)26-31(4,28)29/h6-16,23,26H,5H2,1-4H3,(H,25,27). The van der Waals surface area contributed by atoms with Gasteiger partial charge >= 0.3 is 0 Å². The number of rotatable bonds is 8. The Morgan fingerprint density at radius 1 is 1.06 bits per heavy atom. The Balaban J connectivity index is 1.89. The van der Waals surface area contributed by atoms with Crippen molar-refractivity contribution in [2.24, 2.45) is 0 Å². The van der Waals surface area contributed by atoms with Gasteiger partial charge < -0.3 is 5.32 Å². The number of carbonyl (C=O) groups excluding carboxylic acids is 1. The predicted molar refractivity (Wildman–Crippen MR) is 128 cm³/mol. The highest BCUT2D eigenvalue weighted by molar-refractivity contribution is 7.92. The average Bonchev–Trinajstić information content (AvgIpc) is 3.26. The second-order valence-electron chi connectivity index (χ2n) is 7.80. The van der Waals surface area contributed by atoms with Gasteiger partial charge in [0, 0.05) is 10.4 Å². The number of thiophene rings is 1.